The zero-order valence-corrected chi connectivity index (χ0v) is 10.2. The van der Waals surface area contributed by atoms with Gasteiger partial charge in [0.2, 0.25) is 0 Å². The van der Waals surface area contributed by atoms with Gasteiger partial charge in [-0.15, -0.1) is 11.3 Å². The molecule has 0 radical (unpaired) electrons. The number of aromatic nitrogens is 2. The van der Waals surface area contributed by atoms with Gasteiger partial charge in [-0.1, -0.05) is 12.1 Å². The molecule has 3 rings (SSSR count). The normalized spacial score (nSPS) is 11.2. The van der Waals surface area contributed by atoms with E-state index in [1.54, 1.807) is 11.3 Å². The van der Waals surface area contributed by atoms with Gasteiger partial charge in [-0.3, -0.25) is 0 Å². The molecule has 86 valence electrons. The van der Waals surface area contributed by atoms with Crippen molar-refractivity contribution in [3.05, 3.63) is 47.1 Å². The lowest BCUT2D eigenvalue weighted by Gasteiger charge is -2.00. The molecule has 0 bridgehead atoms. The average molecular weight is 244 g/mol. The van der Waals surface area contributed by atoms with Gasteiger partial charge in [0, 0.05) is 6.20 Å². The Balaban J connectivity index is 2.36. The molecule has 0 saturated heterocycles. The fourth-order valence-corrected chi connectivity index (χ4v) is 2.75. The maximum Gasteiger partial charge on any atom is 0.140 e. The highest BCUT2D eigenvalue weighted by atomic mass is 32.1. The predicted octanol–water partition coefficient (Wildman–Crippen LogP) is 2.86. The summed E-state index contributed by atoms with van der Waals surface area (Å²) < 4.78 is 1.96. The lowest BCUT2D eigenvalue weighted by atomic mass is 10.3. The van der Waals surface area contributed by atoms with Crippen molar-refractivity contribution in [1.82, 2.24) is 9.38 Å². The third kappa shape index (κ3) is 1.57. The molecule has 0 atom stereocenters. The lowest BCUT2D eigenvalue weighted by molar-refractivity contribution is 0.276. The van der Waals surface area contributed by atoms with E-state index in [-0.39, 0.29) is 6.61 Å². The summed E-state index contributed by atoms with van der Waals surface area (Å²) in [5, 5.41) is 11.6. The minimum atomic E-state index is -0.00213. The van der Waals surface area contributed by atoms with Gasteiger partial charge >= 0.3 is 0 Å². The number of aliphatic hydroxyl groups is 1. The number of imidazole rings is 1. The van der Waals surface area contributed by atoms with E-state index in [2.05, 4.69) is 4.98 Å². The van der Waals surface area contributed by atoms with Crippen LogP contribution in [0.15, 0.2) is 35.8 Å². The second kappa shape index (κ2) is 3.98. The first-order chi connectivity index (χ1) is 8.31. The van der Waals surface area contributed by atoms with Crippen LogP contribution in [0.5, 0.6) is 0 Å². The van der Waals surface area contributed by atoms with Gasteiger partial charge in [-0.2, -0.15) is 0 Å². The van der Waals surface area contributed by atoms with Crippen LogP contribution >= 0.6 is 11.3 Å². The fraction of sp³-hybridized carbons (Fsp3) is 0.154. The van der Waals surface area contributed by atoms with E-state index in [4.69, 9.17) is 0 Å². The summed E-state index contributed by atoms with van der Waals surface area (Å²) in [5.41, 5.74) is 3.77. The molecule has 0 aliphatic heterocycles. The van der Waals surface area contributed by atoms with E-state index >= 15 is 0 Å². The Morgan fingerprint density at radius 2 is 2.24 bits per heavy atom. The number of thiophene rings is 1. The van der Waals surface area contributed by atoms with Crippen LogP contribution < -0.4 is 0 Å². The molecule has 0 spiro atoms. The Morgan fingerprint density at radius 1 is 1.35 bits per heavy atom. The Kier molecular flexibility index (Phi) is 2.46. The third-order valence-electron chi connectivity index (χ3n) is 2.85. The van der Waals surface area contributed by atoms with E-state index < -0.39 is 0 Å². The molecule has 0 aliphatic rings. The smallest absolute Gasteiger partial charge is 0.140 e. The highest BCUT2D eigenvalue weighted by Gasteiger charge is 2.14. The fourth-order valence-electron chi connectivity index (χ4n) is 2.01. The van der Waals surface area contributed by atoms with Crippen LogP contribution in [-0.2, 0) is 6.61 Å². The molecule has 1 N–H and O–H groups in total. The average Bonchev–Trinajstić information content (AvgIpc) is 2.95. The second-order valence-corrected chi connectivity index (χ2v) is 4.88. The molecule has 17 heavy (non-hydrogen) atoms. The topological polar surface area (TPSA) is 37.5 Å². The summed E-state index contributed by atoms with van der Waals surface area (Å²) in [4.78, 5) is 5.73. The number of fused-ring (bicyclic) bond motifs is 1. The number of hydrogen-bond acceptors (Lipinski definition) is 3. The van der Waals surface area contributed by atoms with Crippen LogP contribution in [0.25, 0.3) is 16.2 Å². The van der Waals surface area contributed by atoms with Gasteiger partial charge in [0.1, 0.15) is 11.3 Å². The number of rotatable bonds is 2. The zero-order chi connectivity index (χ0) is 11.8. The van der Waals surface area contributed by atoms with Gasteiger partial charge in [0.05, 0.1) is 17.2 Å². The Morgan fingerprint density at radius 3 is 2.94 bits per heavy atom. The van der Waals surface area contributed by atoms with Crippen LogP contribution in [0.1, 0.15) is 11.3 Å². The van der Waals surface area contributed by atoms with Gasteiger partial charge in [0.15, 0.2) is 0 Å². The lowest BCUT2D eigenvalue weighted by Crippen LogP contribution is -1.93. The molecule has 0 fully saturated rings. The quantitative estimate of drug-likeness (QED) is 0.752. The van der Waals surface area contributed by atoms with Gasteiger partial charge in [-0.05, 0) is 30.0 Å². The van der Waals surface area contributed by atoms with Crippen molar-refractivity contribution in [2.45, 2.75) is 13.5 Å². The summed E-state index contributed by atoms with van der Waals surface area (Å²) in [6.07, 6.45) is 1.94. The van der Waals surface area contributed by atoms with E-state index in [0.29, 0.717) is 0 Å². The predicted molar refractivity (Wildman–Crippen MR) is 69.2 cm³/mol. The van der Waals surface area contributed by atoms with Gasteiger partial charge in [-0.25, -0.2) is 4.98 Å². The first-order valence-electron chi connectivity index (χ1n) is 5.42. The minimum absolute atomic E-state index is 0.00213. The molecule has 0 aromatic carbocycles. The first-order valence-corrected chi connectivity index (χ1v) is 6.30. The molecule has 0 amide bonds. The number of pyridine rings is 1. The number of nitrogens with zero attached hydrogens (tertiary/aromatic N) is 2. The van der Waals surface area contributed by atoms with Gasteiger partial charge in [0.25, 0.3) is 0 Å². The van der Waals surface area contributed by atoms with Crippen LogP contribution in [0.3, 0.4) is 0 Å². The molecule has 3 heterocycles. The van der Waals surface area contributed by atoms with E-state index in [0.717, 1.165) is 27.5 Å². The van der Waals surface area contributed by atoms with E-state index in [9.17, 15) is 5.11 Å². The largest absolute Gasteiger partial charge is 0.390 e. The maximum atomic E-state index is 9.54. The summed E-state index contributed by atoms with van der Waals surface area (Å²) in [6, 6.07) is 8.03. The molecule has 4 heteroatoms. The van der Waals surface area contributed by atoms with Crippen molar-refractivity contribution in [3.8, 4) is 10.6 Å². The summed E-state index contributed by atoms with van der Waals surface area (Å²) in [6.45, 7) is 2.03. The molecule has 3 aromatic rings. The third-order valence-corrected chi connectivity index (χ3v) is 3.73. The SMILES string of the molecule is Cc1cccn2c(CO)c(-c3cccs3)nc12. The van der Waals surface area contributed by atoms with Crippen molar-refractivity contribution < 1.29 is 5.11 Å². The highest BCUT2D eigenvalue weighted by molar-refractivity contribution is 7.13. The van der Waals surface area contributed by atoms with Crippen LogP contribution in [0, 0.1) is 6.92 Å². The summed E-state index contributed by atoms with van der Waals surface area (Å²) in [7, 11) is 0. The Bertz CT molecular complexity index is 655. The Labute approximate surface area is 103 Å². The summed E-state index contributed by atoms with van der Waals surface area (Å²) >= 11 is 1.64. The van der Waals surface area contributed by atoms with E-state index in [1.807, 2.05) is 47.2 Å². The van der Waals surface area contributed by atoms with Gasteiger partial charge < -0.3 is 9.51 Å². The van der Waals surface area contributed by atoms with Crippen LogP contribution in [-0.4, -0.2) is 14.5 Å². The molecule has 0 aliphatic carbocycles. The minimum Gasteiger partial charge on any atom is -0.390 e. The molecule has 0 saturated carbocycles. The molecule has 3 nitrogen and oxygen atoms in total. The van der Waals surface area contributed by atoms with Crippen molar-refractivity contribution in [1.29, 1.82) is 0 Å². The van der Waals surface area contributed by atoms with Crippen molar-refractivity contribution in [2.24, 2.45) is 0 Å². The van der Waals surface area contributed by atoms with Crippen LogP contribution in [0.4, 0.5) is 0 Å². The number of aryl methyl sites for hydroxylation is 1. The zero-order valence-electron chi connectivity index (χ0n) is 9.42. The molecule has 3 aromatic heterocycles. The monoisotopic (exact) mass is 244 g/mol. The first kappa shape index (κ1) is 10.5. The standard InChI is InChI=1S/C13H12N2OS/c1-9-4-2-6-15-10(8-16)12(14-13(9)15)11-5-3-7-17-11/h2-7,16H,8H2,1H3. The maximum absolute atomic E-state index is 9.54. The van der Waals surface area contributed by atoms with Crippen molar-refractivity contribution in [2.75, 3.05) is 0 Å². The molecular formula is C13H12N2OS. The summed E-state index contributed by atoms with van der Waals surface area (Å²) in [5.74, 6) is 0. The van der Waals surface area contributed by atoms with Crippen LogP contribution in [0.2, 0.25) is 0 Å². The molecule has 0 unspecified atom stereocenters. The number of hydrogen-bond donors (Lipinski definition) is 1. The highest BCUT2D eigenvalue weighted by Crippen LogP contribution is 2.29. The molecular weight excluding hydrogens is 232 g/mol. The van der Waals surface area contributed by atoms with Crippen molar-refractivity contribution >= 4 is 17.0 Å². The Hall–Kier alpha value is -1.65. The second-order valence-electron chi connectivity index (χ2n) is 3.93. The number of aliphatic hydroxyl groups excluding tert-OH is 1. The van der Waals surface area contributed by atoms with Crippen molar-refractivity contribution in [3.63, 3.8) is 0 Å². The van der Waals surface area contributed by atoms with E-state index in [1.165, 1.54) is 0 Å².